The lowest BCUT2D eigenvalue weighted by atomic mass is 9.74. The minimum Gasteiger partial charge on any atom is -0.494 e. The van der Waals surface area contributed by atoms with Crippen molar-refractivity contribution in [3.8, 4) is 11.4 Å². The second kappa shape index (κ2) is 8.71. The first-order valence-corrected chi connectivity index (χ1v) is 10.2. The summed E-state index contributed by atoms with van der Waals surface area (Å²) in [6.45, 7) is 3.97. The van der Waals surface area contributed by atoms with Crippen molar-refractivity contribution in [2.24, 2.45) is 0 Å². The molecule has 156 valence electrons. The summed E-state index contributed by atoms with van der Waals surface area (Å²) in [5.41, 5.74) is 3.41. The second-order valence-electron chi connectivity index (χ2n) is 7.76. The number of carbonyl (C=O) groups excluding carboxylic acids is 1. The van der Waals surface area contributed by atoms with Gasteiger partial charge in [-0.15, -0.1) is 0 Å². The van der Waals surface area contributed by atoms with Crippen LogP contribution in [0.3, 0.4) is 0 Å². The highest BCUT2D eigenvalue weighted by Gasteiger charge is 2.35. The summed E-state index contributed by atoms with van der Waals surface area (Å²) in [5.74, 6) is 0.531. The van der Waals surface area contributed by atoms with Crippen LogP contribution in [0.15, 0.2) is 60.8 Å². The summed E-state index contributed by atoms with van der Waals surface area (Å²) >= 11 is 0. The Balaban J connectivity index is 1.51. The molecule has 0 atom stereocenters. The number of ether oxygens (including phenoxy) is 2. The number of amides is 1. The van der Waals surface area contributed by atoms with Gasteiger partial charge in [-0.1, -0.05) is 36.4 Å². The average molecular weight is 405 g/mol. The minimum atomic E-state index is -0.179. The van der Waals surface area contributed by atoms with E-state index in [1.807, 2.05) is 43.3 Å². The van der Waals surface area contributed by atoms with Gasteiger partial charge in [-0.2, -0.15) is 5.10 Å². The van der Waals surface area contributed by atoms with Crippen LogP contribution in [0.4, 0.5) is 0 Å². The van der Waals surface area contributed by atoms with Crippen LogP contribution in [0.2, 0.25) is 0 Å². The van der Waals surface area contributed by atoms with Crippen molar-refractivity contribution in [3.63, 3.8) is 0 Å². The molecule has 1 N–H and O–H groups in total. The van der Waals surface area contributed by atoms with Gasteiger partial charge in [0.05, 0.1) is 7.11 Å². The maximum atomic E-state index is 12.9. The van der Waals surface area contributed by atoms with Gasteiger partial charge >= 0.3 is 0 Å². The largest absolute Gasteiger partial charge is 0.494 e. The van der Waals surface area contributed by atoms with E-state index in [0.29, 0.717) is 31.2 Å². The Kier molecular flexibility index (Phi) is 5.86. The molecule has 4 rings (SSSR count). The van der Waals surface area contributed by atoms with Gasteiger partial charge < -0.3 is 14.8 Å². The zero-order valence-corrected chi connectivity index (χ0v) is 17.4. The number of carbonyl (C=O) groups is 1. The van der Waals surface area contributed by atoms with Crippen LogP contribution < -0.4 is 10.1 Å². The van der Waals surface area contributed by atoms with Gasteiger partial charge in [-0.3, -0.25) is 4.79 Å². The SMILES string of the molecule is COc1ccc(C)cc1-n1ccc(C(=O)NCC2(c3ccccc3)CCOCC2)n1. The molecule has 0 radical (unpaired) electrons. The fourth-order valence-electron chi connectivity index (χ4n) is 4.02. The van der Waals surface area contributed by atoms with E-state index in [4.69, 9.17) is 9.47 Å². The number of rotatable bonds is 6. The number of nitrogens with zero attached hydrogens (tertiary/aromatic N) is 2. The van der Waals surface area contributed by atoms with Gasteiger partial charge in [0.15, 0.2) is 5.69 Å². The number of hydrogen-bond acceptors (Lipinski definition) is 4. The summed E-state index contributed by atoms with van der Waals surface area (Å²) in [7, 11) is 1.63. The molecule has 30 heavy (non-hydrogen) atoms. The van der Waals surface area contributed by atoms with Gasteiger partial charge in [0.2, 0.25) is 0 Å². The van der Waals surface area contributed by atoms with Crippen molar-refractivity contribution in [1.29, 1.82) is 0 Å². The predicted octanol–water partition coefficient (Wildman–Crippen LogP) is 3.67. The molecule has 2 heterocycles. The molecule has 0 bridgehead atoms. The van der Waals surface area contributed by atoms with Gasteiger partial charge in [-0.05, 0) is 49.1 Å². The summed E-state index contributed by atoms with van der Waals surface area (Å²) in [5, 5.41) is 7.60. The maximum Gasteiger partial charge on any atom is 0.271 e. The average Bonchev–Trinajstić information content (AvgIpc) is 3.29. The zero-order chi connectivity index (χ0) is 21.0. The monoisotopic (exact) mass is 405 g/mol. The number of aromatic nitrogens is 2. The van der Waals surface area contributed by atoms with Crippen molar-refractivity contribution in [3.05, 3.63) is 77.6 Å². The van der Waals surface area contributed by atoms with E-state index in [1.54, 1.807) is 24.1 Å². The first kappa shape index (κ1) is 20.2. The molecule has 1 aromatic heterocycles. The van der Waals surface area contributed by atoms with Crippen LogP contribution in [-0.4, -0.2) is 42.6 Å². The molecule has 1 fully saturated rings. The quantitative estimate of drug-likeness (QED) is 0.680. The van der Waals surface area contributed by atoms with E-state index in [1.165, 1.54) is 5.56 Å². The standard InChI is InChI=1S/C24H27N3O3/c1-18-8-9-22(29-2)21(16-18)27-13-10-20(26-27)23(28)25-17-24(11-14-30-15-12-24)19-6-4-3-5-7-19/h3-10,13,16H,11-12,14-15,17H2,1-2H3,(H,25,28). The third kappa shape index (κ3) is 4.09. The van der Waals surface area contributed by atoms with Crippen molar-refractivity contribution >= 4 is 5.91 Å². The van der Waals surface area contributed by atoms with Gasteiger partial charge in [-0.25, -0.2) is 4.68 Å². The first-order chi connectivity index (χ1) is 14.6. The molecule has 3 aromatic rings. The molecule has 0 aliphatic carbocycles. The fraction of sp³-hybridized carbons (Fsp3) is 0.333. The Hall–Kier alpha value is -3.12. The number of methoxy groups -OCH3 is 1. The summed E-state index contributed by atoms with van der Waals surface area (Å²) in [6.07, 6.45) is 3.55. The van der Waals surface area contributed by atoms with E-state index in [-0.39, 0.29) is 11.3 Å². The van der Waals surface area contributed by atoms with Gasteiger partial charge in [0.1, 0.15) is 11.4 Å². The Morgan fingerprint density at radius 1 is 1.17 bits per heavy atom. The Bertz CT molecular complexity index is 1010. The van der Waals surface area contributed by atoms with Crippen molar-refractivity contribution in [2.45, 2.75) is 25.2 Å². The van der Waals surface area contributed by atoms with Crippen molar-refractivity contribution < 1.29 is 14.3 Å². The second-order valence-corrected chi connectivity index (χ2v) is 7.76. The van der Waals surface area contributed by atoms with E-state index in [9.17, 15) is 4.79 Å². The molecule has 6 nitrogen and oxygen atoms in total. The molecule has 2 aromatic carbocycles. The van der Waals surface area contributed by atoms with E-state index < -0.39 is 0 Å². The Labute approximate surface area is 176 Å². The van der Waals surface area contributed by atoms with Crippen LogP contribution in [0.1, 0.15) is 34.5 Å². The van der Waals surface area contributed by atoms with E-state index in [2.05, 4.69) is 22.5 Å². The molecule has 1 saturated heterocycles. The smallest absolute Gasteiger partial charge is 0.271 e. The Morgan fingerprint density at radius 3 is 2.67 bits per heavy atom. The molecule has 1 aliphatic rings. The molecular weight excluding hydrogens is 378 g/mol. The number of aryl methyl sites for hydroxylation is 1. The maximum absolute atomic E-state index is 12.9. The molecule has 0 saturated carbocycles. The lowest BCUT2D eigenvalue weighted by Gasteiger charge is -2.37. The molecule has 6 heteroatoms. The highest BCUT2D eigenvalue weighted by molar-refractivity contribution is 5.92. The highest BCUT2D eigenvalue weighted by atomic mass is 16.5. The van der Waals surface area contributed by atoms with Crippen LogP contribution in [-0.2, 0) is 10.2 Å². The third-order valence-electron chi connectivity index (χ3n) is 5.83. The molecule has 1 amide bonds. The van der Waals surface area contributed by atoms with Crippen molar-refractivity contribution in [2.75, 3.05) is 26.9 Å². The molecule has 1 aliphatic heterocycles. The van der Waals surface area contributed by atoms with Crippen LogP contribution in [0, 0.1) is 6.92 Å². The topological polar surface area (TPSA) is 65.4 Å². The number of benzene rings is 2. The van der Waals surface area contributed by atoms with Gasteiger partial charge in [0.25, 0.3) is 5.91 Å². The van der Waals surface area contributed by atoms with Gasteiger partial charge in [0, 0.05) is 31.4 Å². The molecular formula is C24H27N3O3. The number of hydrogen-bond donors (Lipinski definition) is 1. The third-order valence-corrected chi connectivity index (χ3v) is 5.83. The fourth-order valence-corrected chi connectivity index (χ4v) is 4.02. The van der Waals surface area contributed by atoms with Crippen LogP contribution in [0.5, 0.6) is 5.75 Å². The van der Waals surface area contributed by atoms with Crippen molar-refractivity contribution in [1.82, 2.24) is 15.1 Å². The summed E-state index contributed by atoms with van der Waals surface area (Å²) < 4.78 is 12.7. The lowest BCUT2D eigenvalue weighted by molar-refractivity contribution is 0.0486. The normalized spacial score (nSPS) is 15.5. The first-order valence-electron chi connectivity index (χ1n) is 10.2. The zero-order valence-electron chi connectivity index (χ0n) is 17.4. The van der Waals surface area contributed by atoms with Crippen LogP contribution in [0.25, 0.3) is 5.69 Å². The lowest BCUT2D eigenvalue weighted by Crippen LogP contribution is -2.44. The van der Waals surface area contributed by atoms with Crippen LogP contribution >= 0.6 is 0 Å². The van der Waals surface area contributed by atoms with E-state index in [0.717, 1.165) is 24.1 Å². The Morgan fingerprint density at radius 2 is 1.93 bits per heavy atom. The number of nitrogens with one attached hydrogen (secondary N) is 1. The minimum absolute atomic E-state index is 0.114. The summed E-state index contributed by atoms with van der Waals surface area (Å²) in [6, 6.07) is 18.0. The molecule has 0 spiro atoms. The highest BCUT2D eigenvalue weighted by Crippen LogP contribution is 2.34. The summed E-state index contributed by atoms with van der Waals surface area (Å²) in [4.78, 5) is 12.9. The molecule has 0 unspecified atom stereocenters. The predicted molar refractivity (Wildman–Crippen MR) is 115 cm³/mol. The van der Waals surface area contributed by atoms with E-state index >= 15 is 0 Å².